The maximum absolute atomic E-state index is 13.0. The van der Waals surface area contributed by atoms with Gasteiger partial charge in [-0.15, -0.1) is 0 Å². The Labute approximate surface area is 168 Å². The van der Waals surface area contributed by atoms with Crippen LogP contribution in [-0.2, 0) is 11.0 Å². The van der Waals surface area contributed by atoms with E-state index in [0.717, 1.165) is 12.1 Å². The van der Waals surface area contributed by atoms with Crippen molar-refractivity contribution >= 4 is 11.8 Å². The second kappa shape index (κ2) is 10.6. The SMILES string of the molecule is CCCC(NC(=O)CCCNC(=O)c1ccccc1)c1cccc(C(F)(F)F)c1. The van der Waals surface area contributed by atoms with Crippen LogP contribution in [0.3, 0.4) is 0 Å². The van der Waals surface area contributed by atoms with Gasteiger partial charge in [0.05, 0.1) is 11.6 Å². The molecule has 1 unspecified atom stereocenters. The normalized spacial score (nSPS) is 12.3. The van der Waals surface area contributed by atoms with E-state index in [2.05, 4.69) is 10.6 Å². The van der Waals surface area contributed by atoms with Crippen molar-refractivity contribution in [3.8, 4) is 0 Å². The number of alkyl halides is 3. The average molecular weight is 406 g/mol. The fourth-order valence-electron chi connectivity index (χ4n) is 2.95. The molecule has 0 saturated carbocycles. The lowest BCUT2D eigenvalue weighted by molar-refractivity contribution is -0.137. The topological polar surface area (TPSA) is 58.2 Å². The summed E-state index contributed by atoms with van der Waals surface area (Å²) in [5, 5.41) is 5.56. The van der Waals surface area contributed by atoms with Crippen LogP contribution in [0.25, 0.3) is 0 Å². The highest BCUT2D eigenvalue weighted by atomic mass is 19.4. The third-order valence-electron chi connectivity index (χ3n) is 4.43. The number of halogens is 3. The minimum absolute atomic E-state index is 0.175. The molecule has 0 spiro atoms. The van der Waals surface area contributed by atoms with Gasteiger partial charge >= 0.3 is 6.18 Å². The summed E-state index contributed by atoms with van der Waals surface area (Å²) in [5.74, 6) is -0.464. The van der Waals surface area contributed by atoms with Gasteiger partial charge < -0.3 is 10.6 Å². The number of benzene rings is 2. The maximum Gasteiger partial charge on any atom is 0.416 e. The minimum Gasteiger partial charge on any atom is -0.352 e. The predicted octanol–water partition coefficient (Wildman–Crippen LogP) is 4.87. The van der Waals surface area contributed by atoms with Gasteiger partial charge in [0.15, 0.2) is 0 Å². The summed E-state index contributed by atoms with van der Waals surface area (Å²) in [5.41, 5.74) is 0.255. The molecular weight excluding hydrogens is 381 g/mol. The van der Waals surface area contributed by atoms with Crippen LogP contribution in [0.5, 0.6) is 0 Å². The van der Waals surface area contributed by atoms with Crippen molar-refractivity contribution in [1.29, 1.82) is 0 Å². The second-order valence-electron chi connectivity index (χ2n) is 6.76. The molecule has 0 aliphatic rings. The van der Waals surface area contributed by atoms with Gasteiger partial charge in [0.2, 0.25) is 5.91 Å². The quantitative estimate of drug-likeness (QED) is 0.584. The van der Waals surface area contributed by atoms with E-state index in [9.17, 15) is 22.8 Å². The third kappa shape index (κ3) is 7.25. The van der Waals surface area contributed by atoms with Gasteiger partial charge in [0, 0.05) is 18.5 Å². The molecule has 7 heteroatoms. The minimum atomic E-state index is -4.42. The number of carbonyl (C=O) groups excluding carboxylic acids is 2. The van der Waals surface area contributed by atoms with E-state index >= 15 is 0 Å². The van der Waals surface area contributed by atoms with Crippen LogP contribution in [0.2, 0.25) is 0 Å². The van der Waals surface area contributed by atoms with Gasteiger partial charge in [-0.05, 0) is 42.7 Å². The maximum atomic E-state index is 13.0. The highest BCUT2D eigenvalue weighted by molar-refractivity contribution is 5.94. The fraction of sp³-hybridized carbons (Fsp3) is 0.364. The van der Waals surface area contributed by atoms with E-state index in [-0.39, 0.29) is 18.2 Å². The predicted molar refractivity (Wildman–Crippen MR) is 105 cm³/mol. The van der Waals surface area contributed by atoms with Gasteiger partial charge in [-0.2, -0.15) is 13.2 Å². The average Bonchev–Trinajstić information content (AvgIpc) is 2.71. The van der Waals surface area contributed by atoms with Crippen LogP contribution in [-0.4, -0.2) is 18.4 Å². The van der Waals surface area contributed by atoms with Crippen LogP contribution in [0.15, 0.2) is 54.6 Å². The molecule has 0 aromatic heterocycles. The molecule has 0 saturated heterocycles. The van der Waals surface area contributed by atoms with E-state index in [1.54, 1.807) is 30.3 Å². The zero-order valence-corrected chi connectivity index (χ0v) is 16.3. The zero-order valence-electron chi connectivity index (χ0n) is 16.3. The Bertz CT molecular complexity index is 807. The largest absolute Gasteiger partial charge is 0.416 e. The van der Waals surface area contributed by atoms with Crippen molar-refractivity contribution in [2.75, 3.05) is 6.54 Å². The molecule has 0 aliphatic carbocycles. The molecule has 0 bridgehead atoms. The number of rotatable bonds is 9. The van der Waals surface area contributed by atoms with Gasteiger partial charge in [-0.1, -0.05) is 43.7 Å². The van der Waals surface area contributed by atoms with Crippen molar-refractivity contribution in [2.45, 2.75) is 44.8 Å². The number of carbonyl (C=O) groups is 2. The molecule has 2 amide bonds. The Morgan fingerprint density at radius 1 is 1.03 bits per heavy atom. The van der Waals surface area contributed by atoms with Gasteiger partial charge in [-0.3, -0.25) is 9.59 Å². The fourth-order valence-corrected chi connectivity index (χ4v) is 2.95. The first-order valence-electron chi connectivity index (χ1n) is 9.61. The third-order valence-corrected chi connectivity index (χ3v) is 4.43. The van der Waals surface area contributed by atoms with E-state index in [1.165, 1.54) is 6.07 Å². The van der Waals surface area contributed by atoms with Crippen molar-refractivity contribution < 1.29 is 22.8 Å². The Hall–Kier alpha value is -2.83. The van der Waals surface area contributed by atoms with Crippen LogP contribution >= 0.6 is 0 Å². The van der Waals surface area contributed by atoms with Gasteiger partial charge in [-0.25, -0.2) is 0 Å². The molecule has 29 heavy (non-hydrogen) atoms. The Balaban J connectivity index is 1.86. The van der Waals surface area contributed by atoms with Crippen molar-refractivity contribution in [2.24, 2.45) is 0 Å². The lowest BCUT2D eigenvalue weighted by atomic mass is 9.99. The van der Waals surface area contributed by atoms with E-state index in [1.807, 2.05) is 13.0 Å². The summed E-state index contributed by atoms with van der Waals surface area (Å²) in [6.45, 7) is 2.25. The summed E-state index contributed by atoms with van der Waals surface area (Å²) >= 11 is 0. The standard InChI is InChI=1S/C22H25F3N2O2/c1-2-8-19(17-11-6-12-18(15-17)22(23,24)25)27-20(28)13-7-14-26-21(29)16-9-4-3-5-10-16/h3-6,9-12,15,19H,2,7-8,13-14H2,1H3,(H,26,29)(H,27,28). The first-order chi connectivity index (χ1) is 13.8. The Morgan fingerprint density at radius 3 is 2.41 bits per heavy atom. The summed E-state index contributed by atoms with van der Waals surface area (Å²) < 4.78 is 38.9. The molecule has 0 fully saturated rings. The number of amides is 2. The van der Waals surface area contributed by atoms with Crippen LogP contribution in [0.4, 0.5) is 13.2 Å². The van der Waals surface area contributed by atoms with Gasteiger partial charge in [0.1, 0.15) is 0 Å². The van der Waals surface area contributed by atoms with Crippen LogP contribution < -0.4 is 10.6 Å². The molecule has 1 atom stereocenters. The smallest absolute Gasteiger partial charge is 0.352 e. The molecule has 2 aromatic carbocycles. The number of hydrogen-bond donors (Lipinski definition) is 2. The molecule has 2 N–H and O–H groups in total. The van der Waals surface area contributed by atoms with Crippen LogP contribution in [0, 0.1) is 0 Å². The summed E-state index contributed by atoms with van der Waals surface area (Å²) in [6.07, 6.45) is -2.56. The summed E-state index contributed by atoms with van der Waals surface area (Å²) in [7, 11) is 0. The second-order valence-corrected chi connectivity index (χ2v) is 6.76. The molecule has 0 radical (unpaired) electrons. The molecule has 156 valence electrons. The first-order valence-corrected chi connectivity index (χ1v) is 9.61. The molecule has 2 aromatic rings. The highest BCUT2D eigenvalue weighted by Gasteiger charge is 2.31. The highest BCUT2D eigenvalue weighted by Crippen LogP contribution is 2.31. The van der Waals surface area contributed by atoms with E-state index in [0.29, 0.717) is 36.9 Å². The molecule has 4 nitrogen and oxygen atoms in total. The molecular formula is C22H25F3N2O2. The lowest BCUT2D eigenvalue weighted by Gasteiger charge is -2.20. The zero-order chi connectivity index (χ0) is 21.3. The first kappa shape index (κ1) is 22.5. The summed E-state index contributed by atoms with van der Waals surface area (Å²) in [6, 6.07) is 13.3. The van der Waals surface area contributed by atoms with E-state index < -0.39 is 17.8 Å². The number of nitrogens with one attached hydrogen (secondary N) is 2. The van der Waals surface area contributed by atoms with Crippen molar-refractivity contribution in [3.05, 3.63) is 71.3 Å². The molecule has 2 rings (SSSR count). The van der Waals surface area contributed by atoms with Gasteiger partial charge in [0.25, 0.3) is 5.91 Å². The molecule has 0 aliphatic heterocycles. The monoisotopic (exact) mass is 406 g/mol. The number of hydrogen-bond acceptors (Lipinski definition) is 2. The van der Waals surface area contributed by atoms with E-state index in [4.69, 9.17) is 0 Å². The Morgan fingerprint density at radius 2 is 1.76 bits per heavy atom. The molecule has 0 heterocycles. The lowest BCUT2D eigenvalue weighted by Crippen LogP contribution is -2.30. The summed E-state index contributed by atoms with van der Waals surface area (Å²) in [4.78, 5) is 24.2. The van der Waals surface area contributed by atoms with Crippen molar-refractivity contribution in [3.63, 3.8) is 0 Å². The van der Waals surface area contributed by atoms with Crippen LogP contribution in [0.1, 0.15) is 60.1 Å². The van der Waals surface area contributed by atoms with Crippen molar-refractivity contribution in [1.82, 2.24) is 10.6 Å². The Kier molecular flexibility index (Phi) is 8.24.